The van der Waals surface area contributed by atoms with Crippen molar-refractivity contribution in [1.29, 1.82) is 0 Å². The number of amides is 1. The molecule has 5 rings (SSSR count). The lowest BCUT2D eigenvalue weighted by atomic mass is 9.61. The molecular weight excluding hydrogens is 490 g/mol. The first-order valence-electron chi connectivity index (χ1n) is 12.9. The largest absolute Gasteiger partial charge is 0.491 e. The zero-order valence-corrected chi connectivity index (χ0v) is 21.6. The number of nitrogen functional groups attached to an aromatic ring is 1. The highest BCUT2D eigenvalue weighted by Crippen LogP contribution is 2.48. The third-order valence-corrected chi connectivity index (χ3v) is 7.64. The van der Waals surface area contributed by atoms with E-state index in [1.165, 1.54) is 24.1 Å². The van der Waals surface area contributed by atoms with Crippen LogP contribution in [-0.4, -0.2) is 74.9 Å². The van der Waals surface area contributed by atoms with Crippen LogP contribution < -0.4 is 26.1 Å². The van der Waals surface area contributed by atoms with Gasteiger partial charge >= 0.3 is 0 Å². The number of fused-ring (bicyclic) bond motifs is 1. The monoisotopic (exact) mass is 523 g/mol. The molecule has 0 atom stereocenters. The molecule has 2 fully saturated rings. The maximum Gasteiger partial charge on any atom is 0.262 e. The van der Waals surface area contributed by atoms with E-state index in [0.717, 1.165) is 45.3 Å². The van der Waals surface area contributed by atoms with Crippen molar-refractivity contribution in [3.8, 4) is 11.5 Å². The molecule has 38 heavy (non-hydrogen) atoms. The van der Waals surface area contributed by atoms with Crippen LogP contribution in [0.25, 0.3) is 10.9 Å². The highest BCUT2D eigenvalue weighted by molar-refractivity contribution is 6.03. The number of rotatable bonds is 8. The molecule has 12 heteroatoms. The predicted molar refractivity (Wildman–Crippen MR) is 141 cm³/mol. The number of benzene rings is 1. The number of likely N-dealkylation sites (tertiary alicyclic amines) is 1. The van der Waals surface area contributed by atoms with Crippen molar-refractivity contribution in [2.75, 3.05) is 44.4 Å². The molecule has 4 N–H and O–H groups in total. The van der Waals surface area contributed by atoms with Crippen LogP contribution in [0.4, 0.5) is 11.9 Å². The Morgan fingerprint density at radius 1 is 1.24 bits per heavy atom. The fraction of sp³-hybridized carbons (Fsp3) is 0.500. The average molecular weight is 524 g/mol. The second-order valence-electron chi connectivity index (χ2n) is 10.0. The van der Waals surface area contributed by atoms with Crippen LogP contribution in [0.1, 0.15) is 43.0 Å². The molecule has 1 spiro atoms. The third kappa shape index (κ3) is 5.01. The number of methoxy groups -OCH3 is 1. The lowest BCUT2D eigenvalue weighted by Crippen LogP contribution is -2.49. The van der Waals surface area contributed by atoms with Gasteiger partial charge in [0.2, 0.25) is 11.9 Å². The summed E-state index contributed by atoms with van der Waals surface area (Å²) in [6, 6.07) is 3.38. The number of aliphatic hydroxyl groups excluding tert-OH is 1. The van der Waals surface area contributed by atoms with Crippen LogP contribution in [0.2, 0.25) is 0 Å². The van der Waals surface area contributed by atoms with Crippen LogP contribution in [0.5, 0.6) is 11.5 Å². The molecule has 1 saturated carbocycles. The fourth-order valence-electron chi connectivity index (χ4n) is 5.46. The minimum absolute atomic E-state index is 0.0514. The maximum atomic E-state index is 13.3. The van der Waals surface area contributed by atoms with Gasteiger partial charge in [0.05, 0.1) is 24.2 Å². The third-order valence-electron chi connectivity index (χ3n) is 7.64. The standard InChI is InChI=1S/C26H33N7O5/c1-3-33-23(36)18-4-5-19(38-11-10-32-8-6-26(7-9-32)12-17(34)13-26)21(37-2)20(18)30-25(33)31-22(35)16-14-28-24(27)29-15-16/h4-5,14-15,17,34H,3,6-13H2,1-2H3,(H2,27,28,29)(H,30,31,35). The molecule has 1 aliphatic carbocycles. The van der Waals surface area contributed by atoms with E-state index in [0.29, 0.717) is 41.0 Å². The van der Waals surface area contributed by atoms with Gasteiger partial charge in [-0.05, 0) is 63.2 Å². The zero-order chi connectivity index (χ0) is 26.9. The molecule has 0 unspecified atom stereocenters. The Morgan fingerprint density at radius 3 is 2.58 bits per heavy atom. The van der Waals surface area contributed by atoms with Gasteiger partial charge in [0.15, 0.2) is 11.5 Å². The van der Waals surface area contributed by atoms with Crippen LogP contribution in [0, 0.1) is 5.41 Å². The SMILES string of the molecule is CCn1c(NC(=O)c2cnc(N)nc2)nc2c(OC)c(OCCN3CCC4(CC3)CC(O)C4)ccc2c1=O. The number of nitrogens with two attached hydrogens (primary N) is 1. The number of aromatic nitrogens is 4. The summed E-state index contributed by atoms with van der Waals surface area (Å²) in [5.74, 6) is 0.405. The lowest BCUT2D eigenvalue weighted by Gasteiger charge is -2.50. The molecular formula is C26H33N7O5. The van der Waals surface area contributed by atoms with E-state index in [1.54, 1.807) is 19.1 Å². The molecule has 1 aromatic carbocycles. The molecule has 2 aliphatic rings. The van der Waals surface area contributed by atoms with Crippen LogP contribution in [-0.2, 0) is 6.54 Å². The zero-order valence-electron chi connectivity index (χ0n) is 21.6. The summed E-state index contributed by atoms with van der Waals surface area (Å²) in [6.07, 6.45) is 6.54. The van der Waals surface area contributed by atoms with Crippen molar-refractivity contribution < 1.29 is 19.4 Å². The molecule has 1 saturated heterocycles. The van der Waals surface area contributed by atoms with E-state index >= 15 is 0 Å². The van der Waals surface area contributed by atoms with E-state index < -0.39 is 5.91 Å². The van der Waals surface area contributed by atoms with Gasteiger partial charge in [-0.2, -0.15) is 0 Å². The van der Waals surface area contributed by atoms with E-state index in [9.17, 15) is 14.7 Å². The van der Waals surface area contributed by atoms with Crippen LogP contribution in [0.3, 0.4) is 0 Å². The lowest BCUT2D eigenvalue weighted by molar-refractivity contribution is -0.0687. The Kier molecular flexibility index (Phi) is 7.17. The molecule has 3 aromatic rings. The average Bonchev–Trinajstić information content (AvgIpc) is 2.89. The van der Waals surface area contributed by atoms with E-state index in [2.05, 4.69) is 25.2 Å². The molecule has 1 amide bonds. The van der Waals surface area contributed by atoms with Gasteiger partial charge in [0.1, 0.15) is 12.1 Å². The molecule has 2 aromatic heterocycles. The highest BCUT2D eigenvalue weighted by Gasteiger charge is 2.44. The molecule has 12 nitrogen and oxygen atoms in total. The van der Waals surface area contributed by atoms with Crippen molar-refractivity contribution in [2.45, 2.75) is 45.3 Å². The topological polar surface area (TPSA) is 158 Å². The van der Waals surface area contributed by atoms with Gasteiger partial charge in [-0.15, -0.1) is 0 Å². The Hall–Kier alpha value is -3.77. The van der Waals surface area contributed by atoms with E-state index in [1.807, 2.05) is 0 Å². The summed E-state index contributed by atoms with van der Waals surface area (Å²) in [4.78, 5) is 40.7. The Bertz CT molecular complexity index is 1380. The van der Waals surface area contributed by atoms with Crippen molar-refractivity contribution in [3.63, 3.8) is 0 Å². The maximum absolute atomic E-state index is 13.3. The number of anilines is 2. The molecule has 0 bridgehead atoms. The number of hydrogen-bond donors (Lipinski definition) is 3. The van der Waals surface area contributed by atoms with Crippen molar-refractivity contribution >= 4 is 28.7 Å². The van der Waals surface area contributed by atoms with E-state index in [-0.39, 0.29) is 29.1 Å². The smallest absolute Gasteiger partial charge is 0.262 e. The van der Waals surface area contributed by atoms with Gasteiger partial charge in [0, 0.05) is 25.5 Å². The predicted octanol–water partition coefficient (Wildman–Crippen LogP) is 1.67. The summed E-state index contributed by atoms with van der Waals surface area (Å²) in [6.45, 7) is 5.28. The van der Waals surface area contributed by atoms with Gasteiger partial charge in [0.25, 0.3) is 11.5 Å². The molecule has 1 aliphatic heterocycles. The number of aliphatic hydroxyl groups is 1. The summed E-state index contributed by atoms with van der Waals surface area (Å²) in [7, 11) is 1.50. The number of hydrogen-bond acceptors (Lipinski definition) is 10. The number of ether oxygens (including phenoxy) is 2. The second-order valence-corrected chi connectivity index (χ2v) is 10.0. The summed E-state index contributed by atoms with van der Waals surface area (Å²) >= 11 is 0. The van der Waals surface area contributed by atoms with Crippen LogP contribution >= 0.6 is 0 Å². The number of nitrogens with zero attached hydrogens (tertiary/aromatic N) is 5. The number of nitrogens with one attached hydrogen (secondary N) is 1. The summed E-state index contributed by atoms with van der Waals surface area (Å²) < 4.78 is 13.1. The number of carbonyl (C=O) groups excluding carboxylic acids is 1. The Labute approximate surface area is 219 Å². The first kappa shape index (κ1) is 25.9. The quantitative estimate of drug-likeness (QED) is 0.396. The minimum atomic E-state index is -0.524. The fourth-order valence-corrected chi connectivity index (χ4v) is 5.46. The highest BCUT2D eigenvalue weighted by atomic mass is 16.5. The van der Waals surface area contributed by atoms with Crippen molar-refractivity contribution in [1.82, 2.24) is 24.4 Å². The summed E-state index contributed by atoms with van der Waals surface area (Å²) in [5.41, 5.74) is 6.01. The van der Waals surface area contributed by atoms with Crippen molar-refractivity contribution in [2.24, 2.45) is 5.41 Å². The first-order chi connectivity index (χ1) is 18.3. The first-order valence-corrected chi connectivity index (χ1v) is 12.9. The van der Waals surface area contributed by atoms with Gasteiger partial charge in [-0.3, -0.25) is 24.4 Å². The number of piperidine rings is 1. The van der Waals surface area contributed by atoms with E-state index in [4.69, 9.17) is 15.2 Å². The summed E-state index contributed by atoms with van der Waals surface area (Å²) in [5, 5.41) is 12.7. The number of carbonyl (C=O) groups is 1. The molecule has 3 heterocycles. The Morgan fingerprint density at radius 2 is 1.95 bits per heavy atom. The van der Waals surface area contributed by atoms with Gasteiger partial charge in [-0.1, -0.05) is 0 Å². The minimum Gasteiger partial charge on any atom is -0.491 e. The molecule has 202 valence electrons. The Balaban J connectivity index is 1.33. The normalized spacial score (nSPS) is 17.3. The van der Waals surface area contributed by atoms with Crippen LogP contribution in [0.15, 0.2) is 29.3 Å². The van der Waals surface area contributed by atoms with Gasteiger partial charge < -0.3 is 20.3 Å². The molecule has 0 radical (unpaired) electrons. The second kappa shape index (κ2) is 10.5. The van der Waals surface area contributed by atoms with Crippen molar-refractivity contribution in [3.05, 3.63) is 40.4 Å². The van der Waals surface area contributed by atoms with Gasteiger partial charge in [-0.25, -0.2) is 15.0 Å².